The molecule has 0 aliphatic carbocycles. The Morgan fingerprint density at radius 3 is 2.72 bits per heavy atom. The summed E-state index contributed by atoms with van der Waals surface area (Å²) in [5.41, 5.74) is 3.27. The van der Waals surface area contributed by atoms with Crippen molar-refractivity contribution in [1.82, 2.24) is 14.6 Å². The van der Waals surface area contributed by atoms with Crippen molar-refractivity contribution in [2.24, 2.45) is 0 Å². The predicted molar refractivity (Wildman–Crippen MR) is 129 cm³/mol. The fraction of sp³-hybridized carbons (Fsp3) is 0.192. The van der Waals surface area contributed by atoms with Crippen LogP contribution in [0.4, 0.5) is 4.39 Å². The number of fused-ring (bicyclic) bond motifs is 1. The molecule has 8 nitrogen and oxygen atoms in total. The number of furan rings is 1. The second-order valence-corrected chi connectivity index (χ2v) is 10.3. The van der Waals surface area contributed by atoms with Crippen molar-refractivity contribution in [1.29, 1.82) is 5.26 Å². The van der Waals surface area contributed by atoms with Gasteiger partial charge in [0.2, 0.25) is 11.0 Å². The average Bonchev–Trinajstić information content (AvgIpc) is 3.56. The molecule has 0 bridgehead atoms. The van der Waals surface area contributed by atoms with Crippen LogP contribution in [0.1, 0.15) is 24.0 Å². The Kier molecular flexibility index (Phi) is 6.26. The lowest BCUT2D eigenvalue weighted by Gasteiger charge is -2.22. The van der Waals surface area contributed by atoms with Crippen molar-refractivity contribution in [2.45, 2.75) is 30.5 Å². The van der Waals surface area contributed by atoms with E-state index in [2.05, 4.69) is 16.4 Å². The number of benzene rings is 2. The van der Waals surface area contributed by atoms with E-state index in [1.165, 1.54) is 24.3 Å². The molecule has 1 N–H and O–H groups in total. The zero-order chi connectivity index (χ0) is 25.3. The van der Waals surface area contributed by atoms with Crippen LogP contribution in [0.3, 0.4) is 0 Å². The molecular weight excluding hydrogens is 483 g/mol. The first-order valence-electron chi connectivity index (χ1n) is 11.3. The van der Waals surface area contributed by atoms with Gasteiger partial charge in [0.1, 0.15) is 17.4 Å². The van der Waals surface area contributed by atoms with E-state index in [1.807, 2.05) is 18.2 Å². The molecule has 2 aromatic heterocycles. The number of hydrogen-bond donors (Lipinski definition) is 1. The lowest BCUT2D eigenvalue weighted by molar-refractivity contribution is -0.124. The molecule has 3 heterocycles. The minimum atomic E-state index is -4.09. The third-order valence-corrected chi connectivity index (χ3v) is 7.90. The molecule has 0 saturated carbocycles. The number of nitrogens with zero attached hydrogens (tertiary/aromatic N) is 3. The van der Waals surface area contributed by atoms with Gasteiger partial charge in [0, 0.05) is 42.5 Å². The van der Waals surface area contributed by atoms with Crippen molar-refractivity contribution >= 4 is 26.9 Å². The van der Waals surface area contributed by atoms with Gasteiger partial charge in [0.15, 0.2) is 0 Å². The topological polar surface area (TPSA) is 116 Å². The number of nitrogens with one attached hydrogen (secondary N) is 1. The van der Waals surface area contributed by atoms with Crippen LogP contribution >= 0.6 is 0 Å². The summed E-state index contributed by atoms with van der Waals surface area (Å²) in [5.74, 6) is -0.912. The van der Waals surface area contributed by atoms with Crippen LogP contribution in [-0.2, 0) is 21.4 Å². The Hall–Kier alpha value is -4.07. The highest BCUT2D eigenvalue weighted by atomic mass is 32.2. The van der Waals surface area contributed by atoms with Crippen LogP contribution in [0.25, 0.3) is 22.1 Å². The lowest BCUT2D eigenvalue weighted by Crippen LogP contribution is -2.45. The molecule has 1 aliphatic heterocycles. The third kappa shape index (κ3) is 4.58. The molecule has 36 heavy (non-hydrogen) atoms. The van der Waals surface area contributed by atoms with Crippen LogP contribution in [-0.4, -0.2) is 36.2 Å². The highest BCUT2D eigenvalue weighted by molar-refractivity contribution is 7.89. The number of nitriles is 1. The number of sulfonamides is 1. The SMILES string of the molecule is N#Cc1ccc(-c2cncc(CNC(=O)C3CCCN3S(=O)(=O)c3cc4cc(F)ccc4o3)c2)cc1. The molecule has 4 aromatic rings. The molecule has 1 unspecified atom stereocenters. The Labute approximate surface area is 207 Å². The van der Waals surface area contributed by atoms with Gasteiger partial charge in [0.25, 0.3) is 10.0 Å². The zero-order valence-electron chi connectivity index (χ0n) is 19.0. The molecule has 1 saturated heterocycles. The molecule has 1 fully saturated rings. The minimum Gasteiger partial charge on any atom is -0.443 e. The summed E-state index contributed by atoms with van der Waals surface area (Å²) in [7, 11) is -4.09. The van der Waals surface area contributed by atoms with Gasteiger partial charge in [-0.1, -0.05) is 12.1 Å². The molecule has 5 rings (SSSR count). The maximum absolute atomic E-state index is 13.5. The van der Waals surface area contributed by atoms with Crippen molar-refractivity contribution in [3.05, 3.63) is 83.9 Å². The van der Waals surface area contributed by atoms with E-state index >= 15 is 0 Å². The van der Waals surface area contributed by atoms with Crippen molar-refractivity contribution in [3.63, 3.8) is 0 Å². The highest BCUT2D eigenvalue weighted by Crippen LogP contribution is 2.30. The molecule has 0 spiro atoms. The van der Waals surface area contributed by atoms with Crippen LogP contribution < -0.4 is 5.32 Å². The van der Waals surface area contributed by atoms with Gasteiger partial charge in [0.05, 0.1) is 11.6 Å². The summed E-state index contributed by atoms with van der Waals surface area (Å²) >= 11 is 0. The molecule has 0 radical (unpaired) electrons. The summed E-state index contributed by atoms with van der Waals surface area (Å²) in [5, 5.41) is 11.8. The van der Waals surface area contributed by atoms with E-state index in [1.54, 1.807) is 24.5 Å². The zero-order valence-corrected chi connectivity index (χ0v) is 19.8. The standard InChI is InChI=1S/C26H21FN4O4S/c27-22-7-8-24-20(11-22)12-25(35-24)36(33,34)31-9-1-2-23(31)26(32)30-15-18-10-21(16-29-14-18)19-5-3-17(13-28)4-6-19/h3-8,10-12,14,16,23H,1-2,9,15H2,(H,30,32). The Morgan fingerprint density at radius 1 is 1.14 bits per heavy atom. The molecule has 1 amide bonds. The summed E-state index contributed by atoms with van der Waals surface area (Å²) in [6, 6.07) is 15.2. The van der Waals surface area contributed by atoms with Crippen LogP contribution in [0.5, 0.6) is 0 Å². The molecule has 1 aliphatic rings. The van der Waals surface area contributed by atoms with Crippen LogP contribution in [0, 0.1) is 17.1 Å². The normalized spacial score (nSPS) is 16.2. The van der Waals surface area contributed by atoms with Crippen molar-refractivity contribution in [3.8, 4) is 17.2 Å². The molecule has 10 heteroatoms. The second kappa shape index (κ2) is 9.53. The summed E-state index contributed by atoms with van der Waals surface area (Å²) < 4.78 is 46.6. The molecule has 2 aromatic carbocycles. The molecule has 1 atom stereocenters. The van der Waals surface area contributed by atoms with Gasteiger partial charge in [-0.25, -0.2) is 12.8 Å². The van der Waals surface area contributed by atoms with Gasteiger partial charge < -0.3 is 9.73 Å². The van der Waals surface area contributed by atoms with Crippen LogP contribution in [0.15, 0.2) is 76.5 Å². The number of aromatic nitrogens is 1. The van der Waals surface area contributed by atoms with E-state index in [0.717, 1.165) is 21.0 Å². The number of hydrogen-bond acceptors (Lipinski definition) is 6. The van der Waals surface area contributed by atoms with E-state index in [0.29, 0.717) is 23.8 Å². The van der Waals surface area contributed by atoms with Gasteiger partial charge in [-0.15, -0.1) is 0 Å². The molecular formula is C26H21FN4O4S. The maximum Gasteiger partial charge on any atom is 0.277 e. The van der Waals surface area contributed by atoms with Gasteiger partial charge in [-0.3, -0.25) is 9.78 Å². The number of carbonyl (C=O) groups is 1. The fourth-order valence-electron chi connectivity index (χ4n) is 4.31. The summed E-state index contributed by atoms with van der Waals surface area (Å²) in [4.78, 5) is 17.2. The first kappa shape index (κ1) is 23.7. The van der Waals surface area contributed by atoms with Gasteiger partial charge in [-0.05, 0) is 60.4 Å². The number of pyridine rings is 1. The summed E-state index contributed by atoms with van der Waals surface area (Å²) in [6.45, 7) is 0.353. The maximum atomic E-state index is 13.5. The van der Waals surface area contributed by atoms with E-state index < -0.39 is 27.8 Å². The van der Waals surface area contributed by atoms with E-state index in [9.17, 15) is 17.6 Å². The molecule has 182 valence electrons. The quantitative estimate of drug-likeness (QED) is 0.425. The second-order valence-electron chi connectivity index (χ2n) is 8.51. The smallest absolute Gasteiger partial charge is 0.277 e. The van der Waals surface area contributed by atoms with Crippen LogP contribution in [0.2, 0.25) is 0 Å². The lowest BCUT2D eigenvalue weighted by atomic mass is 10.0. The first-order valence-corrected chi connectivity index (χ1v) is 12.7. The number of amides is 1. The van der Waals surface area contributed by atoms with Gasteiger partial charge in [-0.2, -0.15) is 9.57 Å². The van der Waals surface area contributed by atoms with Gasteiger partial charge >= 0.3 is 0 Å². The highest BCUT2D eigenvalue weighted by Gasteiger charge is 2.41. The number of halogens is 1. The minimum absolute atomic E-state index is 0.171. The fourth-order valence-corrected chi connectivity index (χ4v) is 5.92. The Morgan fingerprint density at radius 2 is 1.94 bits per heavy atom. The average molecular weight is 505 g/mol. The van der Waals surface area contributed by atoms with E-state index in [-0.39, 0.29) is 23.8 Å². The monoisotopic (exact) mass is 504 g/mol. The Balaban J connectivity index is 1.30. The largest absolute Gasteiger partial charge is 0.443 e. The predicted octanol–water partition coefficient (Wildman–Crippen LogP) is 3.98. The number of carbonyl (C=O) groups excluding carboxylic acids is 1. The third-order valence-electron chi connectivity index (χ3n) is 6.13. The van der Waals surface area contributed by atoms with E-state index in [4.69, 9.17) is 9.68 Å². The van der Waals surface area contributed by atoms with Crippen molar-refractivity contribution in [2.75, 3.05) is 6.54 Å². The number of rotatable bonds is 6. The first-order chi connectivity index (χ1) is 17.3. The summed E-state index contributed by atoms with van der Waals surface area (Å²) in [6.07, 6.45) is 4.23. The Bertz CT molecular complexity index is 1590. The van der Waals surface area contributed by atoms with Crippen molar-refractivity contribution < 1.29 is 22.0 Å².